The number of carboxylic acid groups (broad SMARTS) is 1. The Hall–Kier alpha value is -1.69. The molecule has 6 nitrogen and oxygen atoms in total. The summed E-state index contributed by atoms with van der Waals surface area (Å²) in [6, 6.07) is 0. The molecule has 116 valence electrons. The number of anilines is 1. The molecule has 2 rings (SSSR count). The van der Waals surface area contributed by atoms with Crippen molar-refractivity contribution >= 4 is 11.7 Å². The second-order valence-corrected chi connectivity index (χ2v) is 6.08. The van der Waals surface area contributed by atoms with Crippen LogP contribution in [0.2, 0.25) is 0 Å². The van der Waals surface area contributed by atoms with Gasteiger partial charge in [0.15, 0.2) is 5.69 Å². The molecule has 0 amide bonds. The Morgan fingerprint density at radius 2 is 2.14 bits per heavy atom. The highest BCUT2D eigenvalue weighted by Crippen LogP contribution is 2.20. The molecule has 0 bridgehead atoms. The molecule has 0 aromatic carbocycles. The zero-order chi connectivity index (χ0) is 15.4. The average molecular weight is 292 g/mol. The van der Waals surface area contributed by atoms with Crippen LogP contribution in [0.25, 0.3) is 0 Å². The summed E-state index contributed by atoms with van der Waals surface area (Å²) >= 11 is 0. The molecule has 0 saturated carbocycles. The summed E-state index contributed by atoms with van der Waals surface area (Å²) in [7, 11) is 2.13. The van der Waals surface area contributed by atoms with Crippen molar-refractivity contribution in [1.29, 1.82) is 0 Å². The van der Waals surface area contributed by atoms with Gasteiger partial charge >= 0.3 is 5.97 Å². The third-order valence-corrected chi connectivity index (χ3v) is 3.95. The Morgan fingerprint density at radius 1 is 1.48 bits per heavy atom. The third-order valence-electron chi connectivity index (χ3n) is 3.95. The second-order valence-electron chi connectivity index (χ2n) is 6.08. The first-order valence-corrected chi connectivity index (χ1v) is 7.50. The van der Waals surface area contributed by atoms with Crippen LogP contribution in [0.15, 0.2) is 6.20 Å². The number of rotatable bonds is 5. The van der Waals surface area contributed by atoms with Gasteiger partial charge in [0, 0.05) is 12.5 Å². The summed E-state index contributed by atoms with van der Waals surface area (Å²) in [4.78, 5) is 22.1. The normalized spacial score (nSPS) is 17.1. The fourth-order valence-corrected chi connectivity index (χ4v) is 2.49. The number of likely N-dealkylation sites (tertiary alicyclic amines) is 1. The van der Waals surface area contributed by atoms with Crippen LogP contribution < -0.4 is 5.32 Å². The smallest absolute Gasteiger partial charge is 0.356 e. The van der Waals surface area contributed by atoms with Crippen LogP contribution >= 0.6 is 0 Å². The molecule has 0 aliphatic carbocycles. The fraction of sp³-hybridized carbons (Fsp3) is 0.667. The lowest BCUT2D eigenvalue weighted by Gasteiger charge is -2.29. The van der Waals surface area contributed by atoms with E-state index in [1.807, 2.05) is 13.8 Å². The van der Waals surface area contributed by atoms with E-state index in [0.29, 0.717) is 17.4 Å². The Kier molecular flexibility index (Phi) is 5.12. The number of hydrogen-bond donors (Lipinski definition) is 2. The number of nitrogens with one attached hydrogen (secondary N) is 1. The summed E-state index contributed by atoms with van der Waals surface area (Å²) in [5.41, 5.74) is 0.590. The zero-order valence-corrected chi connectivity index (χ0v) is 13.0. The second kappa shape index (κ2) is 6.85. The lowest BCUT2D eigenvalue weighted by molar-refractivity contribution is 0.0691. The van der Waals surface area contributed by atoms with Crippen molar-refractivity contribution in [3.8, 4) is 0 Å². The maximum Gasteiger partial charge on any atom is 0.356 e. The standard InChI is InChI=1S/C15H24N4O2/c1-10(2)14-17-9-12(13(18-14)15(20)21)16-8-11-4-6-19(3)7-5-11/h9-11,16H,4-8H2,1-3H3,(H,20,21). The molecule has 21 heavy (non-hydrogen) atoms. The average Bonchev–Trinajstić information content (AvgIpc) is 2.46. The molecule has 1 aliphatic heterocycles. The van der Waals surface area contributed by atoms with Gasteiger partial charge in [-0.05, 0) is 38.9 Å². The molecule has 0 radical (unpaired) electrons. The maximum atomic E-state index is 11.4. The highest BCUT2D eigenvalue weighted by molar-refractivity contribution is 5.91. The van der Waals surface area contributed by atoms with E-state index in [1.165, 1.54) is 0 Å². The van der Waals surface area contributed by atoms with Gasteiger partial charge in [0.2, 0.25) is 0 Å². The van der Waals surface area contributed by atoms with Gasteiger partial charge in [0.25, 0.3) is 0 Å². The van der Waals surface area contributed by atoms with Crippen LogP contribution in [-0.2, 0) is 0 Å². The summed E-state index contributed by atoms with van der Waals surface area (Å²) in [5.74, 6) is 0.251. The van der Waals surface area contributed by atoms with Crippen LogP contribution in [0.1, 0.15) is 48.9 Å². The van der Waals surface area contributed by atoms with E-state index in [4.69, 9.17) is 0 Å². The van der Waals surface area contributed by atoms with Gasteiger partial charge in [-0.1, -0.05) is 13.8 Å². The maximum absolute atomic E-state index is 11.4. The minimum atomic E-state index is -1.01. The Morgan fingerprint density at radius 3 is 2.71 bits per heavy atom. The van der Waals surface area contributed by atoms with Crippen molar-refractivity contribution in [2.24, 2.45) is 5.92 Å². The van der Waals surface area contributed by atoms with Crippen molar-refractivity contribution in [1.82, 2.24) is 14.9 Å². The summed E-state index contributed by atoms with van der Waals surface area (Å²) in [5, 5.41) is 12.5. The van der Waals surface area contributed by atoms with Crippen LogP contribution in [0.4, 0.5) is 5.69 Å². The lowest BCUT2D eigenvalue weighted by Crippen LogP contribution is -2.33. The molecule has 1 fully saturated rings. The predicted octanol–water partition coefficient (Wildman–Crippen LogP) is 2.05. The van der Waals surface area contributed by atoms with E-state index in [-0.39, 0.29) is 11.6 Å². The van der Waals surface area contributed by atoms with Gasteiger partial charge in [-0.15, -0.1) is 0 Å². The SMILES string of the molecule is CC(C)c1ncc(NCC2CCN(C)CC2)c(C(=O)O)n1. The van der Waals surface area contributed by atoms with Crippen molar-refractivity contribution in [2.75, 3.05) is 32.0 Å². The van der Waals surface area contributed by atoms with Gasteiger partial charge < -0.3 is 15.3 Å². The van der Waals surface area contributed by atoms with Crippen LogP contribution in [-0.4, -0.2) is 52.6 Å². The minimum Gasteiger partial charge on any atom is -0.476 e. The number of carboxylic acids is 1. The molecular formula is C15H24N4O2. The van der Waals surface area contributed by atoms with Crippen LogP contribution in [0.5, 0.6) is 0 Å². The van der Waals surface area contributed by atoms with Crippen molar-refractivity contribution in [3.63, 3.8) is 0 Å². The number of hydrogen-bond acceptors (Lipinski definition) is 5. The monoisotopic (exact) mass is 292 g/mol. The van der Waals surface area contributed by atoms with Gasteiger partial charge in [-0.3, -0.25) is 0 Å². The zero-order valence-electron chi connectivity index (χ0n) is 13.0. The number of aromatic carboxylic acids is 1. The molecule has 6 heteroatoms. The van der Waals surface area contributed by atoms with E-state index < -0.39 is 5.97 Å². The van der Waals surface area contributed by atoms with Gasteiger partial charge in [0.05, 0.1) is 11.9 Å². The molecule has 0 spiro atoms. The lowest BCUT2D eigenvalue weighted by atomic mass is 9.97. The van der Waals surface area contributed by atoms with Gasteiger partial charge in [-0.2, -0.15) is 0 Å². The van der Waals surface area contributed by atoms with Crippen molar-refractivity contribution in [2.45, 2.75) is 32.6 Å². The molecule has 1 saturated heterocycles. The third kappa shape index (κ3) is 4.14. The fourth-order valence-electron chi connectivity index (χ4n) is 2.49. The Bertz CT molecular complexity index is 496. The summed E-state index contributed by atoms with van der Waals surface area (Å²) in [6.07, 6.45) is 3.87. The Labute approximate surface area is 125 Å². The van der Waals surface area contributed by atoms with Crippen LogP contribution in [0, 0.1) is 5.92 Å². The van der Waals surface area contributed by atoms with E-state index in [1.54, 1.807) is 6.20 Å². The van der Waals surface area contributed by atoms with Gasteiger partial charge in [-0.25, -0.2) is 14.8 Å². The van der Waals surface area contributed by atoms with E-state index in [0.717, 1.165) is 32.5 Å². The molecule has 0 unspecified atom stereocenters. The van der Waals surface area contributed by atoms with Crippen molar-refractivity contribution < 1.29 is 9.90 Å². The topological polar surface area (TPSA) is 78.4 Å². The number of piperidine rings is 1. The van der Waals surface area contributed by atoms with E-state index >= 15 is 0 Å². The minimum absolute atomic E-state index is 0.0710. The van der Waals surface area contributed by atoms with E-state index in [2.05, 4.69) is 27.2 Å². The predicted molar refractivity (Wildman–Crippen MR) is 81.8 cm³/mol. The van der Waals surface area contributed by atoms with Crippen molar-refractivity contribution in [3.05, 3.63) is 17.7 Å². The molecule has 1 aromatic heterocycles. The van der Waals surface area contributed by atoms with E-state index in [9.17, 15) is 9.90 Å². The first-order valence-electron chi connectivity index (χ1n) is 7.50. The van der Waals surface area contributed by atoms with Crippen LogP contribution in [0.3, 0.4) is 0 Å². The molecule has 2 heterocycles. The number of aromatic nitrogens is 2. The summed E-state index contributed by atoms with van der Waals surface area (Å²) in [6.45, 7) is 6.87. The Balaban J connectivity index is 2.03. The molecule has 1 aromatic rings. The first kappa shape index (κ1) is 15.7. The molecule has 1 aliphatic rings. The molecule has 2 N–H and O–H groups in total. The van der Waals surface area contributed by atoms with Gasteiger partial charge in [0.1, 0.15) is 5.82 Å². The first-order chi connectivity index (χ1) is 9.97. The number of carbonyl (C=O) groups is 1. The highest BCUT2D eigenvalue weighted by Gasteiger charge is 2.19. The molecule has 0 atom stereocenters. The quantitative estimate of drug-likeness (QED) is 0.865. The number of nitrogens with zero attached hydrogens (tertiary/aromatic N) is 3. The summed E-state index contributed by atoms with van der Waals surface area (Å²) < 4.78 is 0. The largest absolute Gasteiger partial charge is 0.476 e. The molecular weight excluding hydrogens is 268 g/mol. The highest BCUT2D eigenvalue weighted by atomic mass is 16.4.